The SMILES string of the molecule is COSc1nccc2c(-c3ccnc([S+](C)[O-])n3)c3c(OC)ccnc3n12. The normalized spacial score (nSPS) is 12.6. The molecular formula is C17H15N5O3S2. The molecule has 0 saturated heterocycles. The maximum atomic E-state index is 11.9. The van der Waals surface area contributed by atoms with Gasteiger partial charge in [-0.2, -0.15) is 9.97 Å². The molecule has 138 valence electrons. The molecule has 1 unspecified atom stereocenters. The Kier molecular flexibility index (Phi) is 4.87. The van der Waals surface area contributed by atoms with Crippen LogP contribution in [0.5, 0.6) is 5.75 Å². The first-order valence-corrected chi connectivity index (χ1v) is 10.1. The van der Waals surface area contributed by atoms with Gasteiger partial charge in [0.2, 0.25) is 5.16 Å². The molecule has 0 radical (unpaired) electrons. The molecule has 0 aromatic carbocycles. The average molecular weight is 401 g/mol. The number of rotatable bonds is 5. The minimum atomic E-state index is -1.30. The van der Waals surface area contributed by atoms with Gasteiger partial charge in [0, 0.05) is 35.3 Å². The van der Waals surface area contributed by atoms with Crippen LogP contribution in [0.1, 0.15) is 0 Å². The maximum Gasteiger partial charge on any atom is 0.342 e. The van der Waals surface area contributed by atoms with E-state index in [-0.39, 0.29) is 5.16 Å². The van der Waals surface area contributed by atoms with E-state index < -0.39 is 11.2 Å². The highest BCUT2D eigenvalue weighted by Crippen LogP contribution is 2.40. The molecule has 0 bridgehead atoms. The number of hydrogen-bond donors (Lipinski definition) is 0. The number of methoxy groups -OCH3 is 1. The van der Waals surface area contributed by atoms with Crippen molar-refractivity contribution in [3.8, 4) is 17.0 Å². The van der Waals surface area contributed by atoms with Gasteiger partial charge in [0.15, 0.2) is 5.65 Å². The summed E-state index contributed by atoms with van der Waals surface area (Å²) in [6, 6.07) is 5.45. The van der Waals surface area contributed by atoms with Gasteiger partial charge < -0.3 is 13.5 Å². The third-order valence-electron chi connectivity index (χ3n) is 3.98. The third kappa shape index (κ3) is 3.00. The van der Waals surface area contributed by atoms with E-state index in [2.05, 4.69) is 19.9 Å². The van der Waals surface area contributed by atoms with Gasteiger partial charge in [0.05, 0.1) is 42.9 Å². The van der Waals surface area contributed by atoms with Crippen LogP contribution < -0.4 is 4.74 Å². The van der Waals surface area contributed by atoms with Crippen LogP contribution in [0.2, 0.25) is 0 Å². The predicted molar refractivity (Wildman–Crippen MR) is 103 cm³/mol. The highest BCUT2D eigenvalue weighted by atomic mass is 32.2. The highest BCUT2D eigenvalue weighted by molar-refractivity contribution is 7.94. The standard InChI is InChI=1S/C17H15N5O3S2/c1-24-12-6-9-18-15-14(12)13(10-4-7-19-16(21-10)27(3)23)11-5-8-20-17(22(11)15)26-25-2/h4-9H,1-3H3. The first-order valence-electron chi connectivity index (χ1n) is 7.85. The van der Waals surface area contributed by atoms with E-state index in [1.54, 1.807) is 51.2 Å². The van der Waals surface area contributed by atoms with Crippen LogP contribution in [-0.4, -0.2) is 49.4 Å². The van der Waals surface area contributed by atoms with Crippen molar-refractivity contribution in [2.24, 2.45) is 0 Å². The number of pyridine rings is 1. The van der Waals surface area contributed by atoms with Crippen LogP contribution in [0.3, 0.4) is 0 Å². The van der Waals surface area contributed by atoms with E-state index in [1.807, 2.05) is 10.5 Å². The van der Waals surface area contributed by atoms with Gasteiger partial charge in [-0.3, -0.25) is 4.40 Å². The van der Waals surface area contributed by atoms with Crippen molar-refractivity contribution in [1.29, 1.82) is 0 Å². The minimum Gasteiger partial charge on any atom is -0.609 e. The molecule has 0 saturated carbocycles. The van der Waals surface area contributed by atoms with Crippen molar-refractivity contribution in [3.05, 3.63) is 36.8 Å². The molecule has 0 aliphatic rings. The van der Waals surface area contributed by atoms with Crippen LogP contribution >= 0.6 is 12.0 Å². The molecule has 1 atom stereocenters. The van der Waals surface area contributed by atoms with Crippen molar-refractivity contribution < 1.29 is 13.5 Å². The summed E-state index contributed by atoms with van der Waals surface area (Å²) in [4.78, 5) is 17.5. The molecule has 0 fully saturated rings. The number of aromatic nitrogens is 5. The van der Waals surface area contributed by atoms with Crippen LogP contribution in [0.15, 0.2) is 47.1 Å². The summed E-state index contributed by atoms with van der Waals surface area (Å²) in [5, 5.41) is 1.68. The van der Waals surface area contributed by atoms with E-state index in [9.17, 15) is 4.55 Å². The quantitative estimate of drug-likeness (QED) is 0.286. The van der Waals surface area contributed by atoms with Crippen molar-refractivity contribution in [2.45, 2.75) is 10.3 Å². The van der Waals surface area contributed by atoms with Gasteiger partial charge in [-0.1, -0.05) is 0 Å². The Labute approximate surface area is 162 Å². The molecule has 27 heavy (non-hydrogen) atoms. The molecule has 10 heteroatoms. The molecule has 4 heterocycles. The lowest BCUT2D eigenvalue weighted by Gasteiger charge is -2.06. The molecule has 0 spiro atoms. The molecule has 4 aromatic rings. The lowest BCUT2D eigenvalue weighted by molar-refractivity contribution is 0.419. The number of fused-ring (bicyclic) bond motifs is 3. The lowest BCUT2D eigenvalue weighted by Crippen LogP contribution is -2.04. The third-order valence-corrected chi connectivity index (χ3v) is 5.30. The van der Waals surface area contributed by atoms with E-state index in [0.717, 1.165) is 28.5 Å². The Morgan fingerprint density at radius 2 is 1.85 bits per heavy atom. The molecule has 4 rings (SSSR count). The summed E-state index contributed by atoms with van der Waals surface area (Å²) in [5.41, 5.74) is 2.95. The second-order valence-electron chi connectivity index (χ2n) is 5.46. The fourth-order valence-electron chi connectivity index (χ4n) is 2.95. The van der Waals surface area contributed by atoms with Gasteiger partial charge >= 0.3 is 5.16 Å². The summed E-state index contributed by atoms with van der Waals surface area (Å²) in [5.74, 6) is 0.657. The summed E-state index contributed by atoms with van der Waals surface area (Å²) < 4.78 is 24.6. The summed E-state index contributed by atoms with van der Waals surface area (Å²) in [6.45, 7) is 0. The molecule has 8 nitrogen and oxygen atoms in total. The van der Waals surface area contributed by atoms with Crippen LogP contribution in [-0.2, 0) is 15.4 Å². The van der Waals surface area contributed by atoms with Crippen molar-refractivity contribution in [2.75, 3.05) is 20.5 Å². The molecular weight excluding hydrogens is 386 g/mol. The van der Waals surface area contributed by atoms with E-state index in [4.69, 9.17) is 8.92 Å². The molecule has 0 N–H and O–H groups in total. The fraction of sp³-hybridized carbons (Fsp3) is 0.176. The van der Waals surface area contributed by atoms with Gasteiger partial charge in [0.1, 0.15) is 12.0 Å². The maximum absolute atomic E-state index is 11.9. The molecule has 0 amide bonds. The number of nitrogens with zero attached hydrogens (tertiary/aromatic N) is 5. The largest absolute Gasteiger partial charge is 0.609 e. The van der Waals surface area contributed by atoms with E-state index >= 15 is 0 Å². The lowest BCUT2D eigenvalue weighted by atomic mass is 10.1. The zero-order valence-electron chi connectivity index (χ0n) is 14.7. The summed E-state index contributed by atoms with van der Waals surface area (Å²) in [6.07, 6.45) is 6.53. The number of hydrogen-bond acceptors (Lipinski definition) is 8. The molecule has 4 aromatic heterocycles. The van der Waals surface area contributed by atoms with E-state index in [1.165, 1.54) is 0 Å². The van der Waals surface area contributed by atoms with E-state index in [0.29, 0.717) is 22.2 Å². The first-order chi connectivity index (χ1) is 13.2. The Balaban J connectivity index is 2.15. The second-order valence-corrected chi connectivity index (χ2v) is 7.60. The molecule has 0 aliphatic carbocycles. The molecule has 0 aliphatic heterocycles. The zero-order chi connectivity index (χ0) is 19.0. The second kappa shape index (κ2) is 7.31. The Morgan fingerprint density at radius 1 is 1.07 bits per heavy atom. The number of ether oxygens (including phenoxy) is 1. The monoisotopic (exact) mass is 401 g/mol. The minimum absolute atomic E-state index is 0.267. The summed E-state index contributed by atoms with van der Waals surface area (Å²) >= 11 is -0.156. The fourth-order valence-corrected chi connectivity index (χ4v) is 3.90. The van der Waals surface area contributed by atoms with Gasteiger partial charge in [-0.05, 0) is 18.2 Å². The van der Waals surface area contributed by atoms with Crippen molar-refractivity contribution in [3.63, 3.8) is 0 Å². The predicted octanol–water partition coefficient (Wildman–Crippen LogP) is 2.74. The Hall–Kier alpha value is -2.40. The Bertz CT molecular complexity index is 1130. The van der Waals surface area contributed by atoms with Crippen LogP contribution in [0.25, 0.3) is 27.8 Å². The highest BCUT2D eigenvalue weighted by Gasteiger charge is 2.23. The van der Waals surface area contributed by atoms with Crippen molar-refractivity contribution in [1.82, 2.24) is 24.3 Å². The topological polar surface area (TPSA) is 97.5 Å². The Morgan fingerprint density at radius 3 is 2.59 bits per heavy atom. The van der Waals surface area contributed by atoms with Gasteiger partial charge in [-0.15, -0.1) is 0 Å². The first kappa shape index (κ1) is 18.0. The average Bonchev–Trinajstić information content (AvgIpc) is 3.03. The van der Waals surface area contributed by atoms with Crippen LogP contribution in [0, 0.1) is 0 Å². The smallest absolute Gasteiger partial charge is 0.342 e. The van der Waals surface area contributed by atoms with Crippen LogP contribution in [0.4, 0.5) is 0 Å². The zero-order valence-corrected chi connectivity index (χ0v) is 16.4. The summed E-state index contributed by atoms with van der Waals surface area (Å²) in [7, 11) is 3.19. The van der Waals surface area contributed by atoms with Gasteiger partial charge in [0.25, 0.3) is 0 Å². The van der Waals surface area contributed by atoms with Gasteiger partial charge in [-0.25, -0.2) is 9.97 Å². The van der Waals surface area contributed by atoms with Crippen molar-refractivity contribution >= 4 is 39.8 Å².